The summed E-state index contributed by atoms with van der Waals surface area (Å²) < 4.78 is 1.86. The van der Waals surface area contributed by atoms with Crippen molar-refractivity contribution in [1.82, 2.24) is 19.5 Å². The van der Waals surface area contributed by atoms with Crippen LogP contribution in [0.25, 0.3) is 10.8 Å². The van der Waals surface area contributed by atoms with Gasteiger partial charge in [0.2, 0.25) is 0 Å². The number of aryl methyl sites for hydroxylation is 2. The summed E-state index contributed by atoms with van der Waals surface area (Å²) in [6, 6.07) is 2.03. The van der Waals surface area contributed by atoms with Crippen LogP contribution in [-0.4, -0.2) is 37.7 Å². The SMILES string of the molecule is Cc1cn2nc(C3=CC(=O)N4C=C(CCCN)C=CC4P3)cc2c(C)n1. The number of nitrogens with zero attached hydrogens (tertiary/aromatic N) is 4. The molecule has 2 unspecified atom stereocenters. The molecule has 7 heteroatoms. The Morgan fingerprint density at radius 1 is 1.35 bits per heavy atom. The van der Waals surface area contributed by atoms with Crippen LogP contribution in [-0.2, 0) is 4.79 Å². The second kappa shape index (κ2) is 6.78. The number of hydrogen-bond donors (Lipinski definition) is 1. The third kappa shape index (κ3) is 3.11. The number of nitrogens with two attached hydrogens (primary N) is 1. The van der Waals surface area contributed by atoms with Crippen molar-refractivity contribution >= 4 is 25.3 Å². The largest absolute Gasteiger partial charge is 0.330 e. The van der Waals surface area contributed by atoms with Gasteiger partial charge in [-0.05, 0) is 44.9 Å². The van der Waals surface area contributed by atoms with Gasteiger partial charge in [0, 0.05) is 17.6 Å². The van der Waals surface area contributed by atoms with Gasteiger partial charge in [-0.15, -0.1) is 0 Å². The maximum Gasteiger partial charge on any atom is 0.252 e. The second-order valence-electron chi connectivity index (χ2n) is 6.68. The van der Waals surface area contributed by atoms with Gasteiger partial charge in [0.05, 0.1) is 34.6 Å². The third-order valence-corrected chi connectivity index (χ3v) is 6.11. The van der Waals surface area contributed by atoms with Crippen molar-refractivity contribution in [3.05, 3.63) is 59.3 Å². The molecule has 2 aliphatic heterocycles. The van der Waals surface area contributed by atoms with Gasteiger partial charge in [-0.1, -0.05) is 20.7 Å². The van der Waals surface area contributed by atoms with Crippen LogP contribution >= 0.6 is 8.58 Å². The lowest BCUT2D eigenvalue weighted by Crippen LogP contribution is -2.35. The average molecular weight is 367 g/mol. The highest BCUT2D eigenvalue weighted by molar-refractivity contribution is 7.51. The Kier molecular flexibility index (Phi) is 4.47. The standard InChI is InChI=1S/C19H22N5OP/c1-12-10-24-16(13(2)21-12)8-15(22-24)17-9-18(25)23-11-14(4-3-7-20)5-6-19(23)26-17/h5-6,8-11,19,26H,3-4,7,20H2,1-2H3. The maximum atomic E-state index is 12.7. The first-order valence-electron chi connectivity index (χ1n) is 8.78. The van der Waals surface area contributed by atoms with E-state index in [1.807, 2.05) is 41.7 Å². The number of allylic oxidation sites excluding steroid dienone is 2. The summed E-state index contributed by atoms with van der Waals surface area (Å²) in [4.78, 5) is 19.0. The lowest BCUT2D eigenvalue weighted by atomic mass is 10.1. The van der Waals surface area contributed by atoms with E-state index in [1.165, 1.54) is 0 Å². The molecule has 0 aromatic carbocycles. The number of carbonyl (C=O) groups is 1. The van der Waals surface area contributed by atoms with Gasteiger partial charge in [0.25, 0.3) is 5.91 Å². The van der Waals surface area contributed by atoms with E-state index in [9.17, 15) is 4.79 Å². The highest BCUT2D eigenvalue weighted by Gasteiger charge is 2.29. The summed E-state index contributed by atoms with van der Waals surface area (Å²) >= 11 is 0. The van der Waals surface area contributed by atoms with E-state index in [2.05, 4.69) is 22.2 Å². The molecular formula is C19H22N5OP. The number of carbonyl (C=O) groups excluding carboxylic acids is 1. The molecule has 4 rings (SSSR count). The van der Waals surface area contributed by atoms with Crippen molar-refractivity contribution in [2.75, 3.05) is 6.54 Å². The Morgan fingerprint density at radius 3 is 3.00 bits per heavy atom. The van der Waals surface area contributed by atoms with Gasteiger partial charge in [-0.25, -0.2) is 4.52 Å². The van der Waals surface area contributed by atoms with Crippen molar-refractivity contribution in [3.63, 3.8) is 0 Å². The molecule has 4 heterocycles. The average Bonchev–Trinajstić information content (AvgIpc) is 3.04. The Balaban J connectivity index is 1.64. The Hall–Kier alpha value is -2.30. The van der Waals surface area contributed by atoms with E-state index in [0.29, 0.717) is 15.1 Å². The van der Waals surface area contributed by atoms with Crippen molar-refractivity contribution < 1.29 is 4.79 Å². The molecule has 0 spiro atoms. The molecule has 0 fully saturated rings. The predicted molar refractivity (Wildman–Crippen MR) is 105 cm³/mol. The fourth-order valence-corrected chi connectivity index (χ4v) is 4.68. The van der Waals surface area contributed by atoms with E-state index < -0.39 is 0 Å². The van der Waals surface area contributed by atoms with E-state index >= 15 is 0 Å². The minimum Gasteiger partial charge on any atom is -0.330 e. The van der Waals surface area contributed by atoms with Gasteiger partial charge in [-0.3, -0.25) is 9.78 Å². The molecule has 1 amide bonds. The zero-order valence-corrected chi connectivity index (χ0v) is 15.9. The second-order valence-corrected chi connectivity index (χ2v) is 8.09. The highest BCUT2D eigenvalue weighted by Crippen LogP contribution is 2.44. The van der Waals surface area contributed by atoms with Gasteiger partial charge in [0.1, 0.15) is 0 Å². The molecular weight excluding hydrogens is 345 g/mol. The number of amides is 1. The maximum absolute atomic E-state index is 12.7. The molecule has 26 heavy (non-hydrogen) atoms. The van der Waals surface area contributed by atoms with Crippen molar-refractivity contribution in [1.29, 1.82) is 0 Å². The van der Waals surface area contributed by atoms with E-state index in [1.54, 1.807) is 6.08 Å². The Bertz CT molecular complexity index is 972. The molecule has 2 atom stereocenters. The van der Waals surface area contributed by atoms with Crippen LogP contribution in [0.3, 0.4) is 0 Å². The molecule has 2 aliphatic rings. The number of rotatable bonds is 4. The van der Waals surface area contributed by atoms with Crippen LogP contribution in [0.4, 0.5) is 0 Å². The summed E-state index contributed by atoms with van der Waals surface area (Å²) in [7, 11) is 0.470. The minimum absolute atomic E-state index is 0.0152. The van der Waals surface area contributed by atoms with Gasteiger partial charge >= 0.3 is 0 Å². The van der Waals surface area contributed by atoms with E-state index in [4.69, 9.17) is 5.73 Å². The van der Waals surface area contributed by atoms with Crippen molar-refractivity contribution in [3.8, 4) is 0 Å². The monoisotopic (exact) mass is 367 g/mol. The summed E-state index contributed by atoms with van der Waals surface area (Å²) in [6.45, 7) is 4.60. The van der Waals surface area contributed by atoms with Crippen LogP contribution in [0, 0.1) is 13.8 Å². The summed E-state index contributed by atoms with van der Waals surface area (Å²) in [5.41, 5.74) is 10.5. The molecule has 0 radical (unpaired) electrons. The van der Waals surface area contributed by atoms with Gasteiger partial charge in [-0.2, -0.15) is 5.10 Å². The van der Waals surface area contributed by atoms with Crippen LogP contribution in [0.5, 0.6) is 0 Å². The van der Waals surface area contributed by atoms with E-state index in [0.717, 1.165) is 46.3 Å². The fourth-order valence-electron chi connectivity index (χ4n) is 3.35. The quantitative estimate of drug-likeness (QED) is 0.843. The molecule has 2 aromatic rings. The third-order valence-electron chi connectivity index (χ3n) is 4.63. The smallest absolute Gasteiger partial charge is 0.252 e. The first-order chi connectivity index (χ1) is 12.5. The summed E-state index contributed by atoms with van der Waals surface area (Å²) in [6.07, 6.45) is 11.7. The predicted octanol–water partition coefficient (Wildman–Crippen LogP) is 2.73. The topological polar surface area (TPSA) is 76.5 Å². The first kappa shape index (κ1) is 17.1. The molecule has 0 saturated heterocycles. The highest BCUT2D eigenvalue weighted by atomic mass is 31.1. The Morgan fingerprint density at radius 2 is 2.19 bits per heavy atom. The molecule has 0 saturated carbocycles. The van der Waals surface area contributed by atoms with E-state index in [-0.39, 0.29) is 11.7 Å². The normalized spacial score (nSPS) is 20.5. The van der Waals surface area contributed by atoms with Gasteiger partial charge in [0.15, 0.2) is 0 Å². The molecule has 0 bridgehead atoms. The number of fused-ring (bicyclic) bond motifs is 2. The first-order valence-corrected chi connectivity index (χ1v) is 9.86. The van der Waals surface area contributed by atoms with Crippen molar-refractivity contribution in [2.24, 2.45) is 5.73 Å². The van der Waals surface area contributed by atoms with Crippen LogP contribution in [0.15, 0.2) is 42.3 Å². The van der Waals surface area contributed by atoms with Crippen LogP contribution in [0.2, 0.25) is 0 Å². The zero-order valence-electron chi connectivity index (χ0n) is 14.9. The lowest BCUT2D eigenvalue weighted by molar-refractivity contribution is -0.123. The molecule has 134 valence electrons. The Labute approximate surface area is 154 Å². The van der Waals surface area contributed by atoms with Crippen molar-refractivity contribution in [2.45, 2.75) is 32.5 Å². The minimum atomic E-state index is 0.0152. The zero-order chi connectivity index (χ0) is 18.3. The summed E-state index contributed by atoms with van der Waals surface area (Å²) in [5.74, 6) is 0.0938. The summed E-state index contributed by atoms with van der Waals surface area (Å²) in [5, 5.41) is 5.68. The lowest BCUT2D eigenvalue weighted by Gasteiger charge is -2.33. The molecule has 0 aliphatic carbocycles. The fraction of sp³-hybridized carbons (Fsp3) is 0.316. The molecule has 6 nitrogen and oxygen atoms in total. The van der Waals surface area contributed by atoms with Crippen LogP contribution < -0.4 is 5.73 Å². The van der Waals surface area contributed by atoms with Crippen LogP contribution in [0.1, 0.15) is 29.9 Å². The number of aromatic nitrogens is 3. The van der Waals surface area contributed by atoms with Gasteiger partial charge < -0.3 is 10.6 Å². The number of hydrogen-bond acceptors (Lipinski definition) is 4. The molecule has 2 aromatic heterocycles. The molecule has 2 N–H and O–H groups in total.